The van der Waals surface area contributed by atoms with E-state index in [1.165, 1.54) is 29.7 Å². The van der Waals surface area contributed by atoms with E-state index in [0.717, 1.165) is 11.3 Å². The number of aromatic nitrogens is 1. The Morgan fingerprint density at radius 1 is 1.19 bits per heavy atom. The molecule has 27 heavy (non-hydrogen) atoms. The van der Waals surface area contributed by atoms with Crippen molar-refractivity contribution >= 4 is 23.5 Å². The highest BCUT2D eigenvalue weighted by Gasteiger charge is 2.08. The third-order valence-electron chi connectivity index (χ3n) is 3.44. The lowest BCUT2D eigenvalue weighted by atomic mass is 10.2. The highest BCUT2D eigenvalue weighted by Crippen LogP contribution is 2.21. The van der Waals surface area contributed by atoms with Crippen LogP contribution in [0.3, 0.4) is 0 Å². The predicted molar refractivity (Wildman–Crippen MR) is 100 cm³/mol. The predicted octanol–water partition coefficient (Wildman–Crippen LogP) is 4.10. The Kier molecular flexibility index (Phi) is 6.22. The minimum absolute atomic E-state index is 0.0594. The molecule has 0 bridgehead atoms. The molecule has 0 atom stereocenters. The molecule has 0 aliphatic carbocycles. The number of hydrazone groups is 1. The fraction of sp³-hybridized carbons (Fsp3) is 0.105. The number of hydrogen-bond acceptors (Lipinski definition) is 5. The van der Waals surface area contributed by atoms with E-state index in [-0.39, 0.29) is 18.1 Å². The molecular weight excluding hydrogens is 372 g/mol. The number of benzene rings is 2. The van der Waals surface area contributed by atoms with Crippen LogP contribution in [0.4, 0.5) is 8.78 Å². The van der Waals surface area contributed by atoms with Gasteiger partial charge < -0.3 is 4.74 Å². The first-order chi connectivity index (χ1) is 13.1. The maximum absolute atomic E-state index is 12.1. The first kappa shape index (κ1) is 18.7. The average Bonchev–Trinajstić information content (AvgIpc) is 3.12. The van der Waals surface area contributed by atoms with Gasteiger partial charge in [-0.2, -0.15) is 13.9 Å². The third-order valence-corrected chi connectivity index (χ3v) is 4.29. The van der Waals surface area contributed by atoms with Gasteiger partial charge in [0.2, 0.25) is 5.91 Å². The Morgan fingerprint density at radius 3 is 2.63 bits per heavy atom. The molecule has 8 heteroatoms. The fourth-order valence-electron chi connectivity index (χ4n) is 2.22. The molecule has 0 aliphatic heterocycles. The molecule has 0 saturated heterocycles. The van der Waals surface area contributed by atoms with Gasteiger partial charge in [0.25, 0.3) is 0 Å². The standard InChI is InChI=1S/C19H15F2N3O2S/c20-19(21)26-15-8-6-13(7-9-15)11-22-24-17(25)10-18-23-16(12-27-18)14-4-2-1-3-5-14/h1-9,11-12,19H,10H2,(H,24,25)/b22-11-. The van der Waals surface area contributed by atoms with Crippen LogP contribution in [-0.2, 0) is 11.2 Å². The van der Waals surface area contributed by atoms with Crippen LogP contribution in [0.2, 0.25) is 0 Å². The number of hydrogen-bond donors (Lipinski definition) is 1. The normalized spacial score (nSPS) is 11.1. The van der Waals surface area contributed by atoms with Crippen LogP contribution in [0.5, 0.6) is 5.75 Å². The highest BCUT2D eigenvalue weighted by molar-refractivity contribution is 7.10. The maximum Gasteiger partial charge on any atom is 0.387 e. The number of nitrogens with zero attached hydrogens (tertiary/aromatic N) is 2. The number of alkyl halides is 2. The molecular formula is C19H15F2N3O2S. The minimum atomic E-state index is -2.86. The van der Waals surface area contributed by atoms with E-state index in [1.54, 1.807) is 12.1 Å². The smallest absolute Gasteiger partial charge is 0.387 e. The van der Waals surface area contributed by atoms with Crippen LogP contribution in [0.15, 0.2) is 65.1 Å². The zero-order valence-corrected chi connectivity index (χ0v) is 14.8. The number of carbonyl (C=O) groups is 1. The number of nitrogens with one attached hydrogen (secondary N) is 1. The molecule has 0 spiro atoms. The van der Waals surface area contributed by atoms with Gasteiger partial charge in [-0.05, 0) is 29.8 Å². The van der Waals surface area contributed by atoms with E-state index in [4.69, 9.17) is 0 Å². The van der Waals surface area contributed by atoms with Crippen molar-refractivity contribution < 1.29 is 18.3 Å². The summed E-state index contributed by atoms with van der Waals surface area (Å²) in [6, 6.07) is 15.6. The van der Waals surface area contributed by atoms with Crippen molar-refractivity contribution in [2.24, 2.45) is 5.10 Å². The summed E-state index contributed by atoms with van der Waals surface area (Å²) in [5.74, 6) is -0.234. The molecule has 0 aliphatic rings. The fourth-order valence-corrected chi connectivity index (χ4v) is 3.03. The molecule has 3 aromatic rings. The zero-order chi connectivity index (χ0) is 19.1. The molecule has 1 heterocycles. The summed E-state index contributed by atoms with van der Waals surface area (Å²) in [6.45, 7) is -2.86. The number of thiazole rings is 1. The number of rotatable bonds is 7. The van der Waals surface area contributed by atoms with Gasteiger partial charge in [0.05, 0.1) is 18.3 Å². The summed E-state index contributed by atoms with van der Waals surface area (Å²) < 4.78 is 28.4. The Hall–Kier alpha value is -3.13. The lowest BCUT2D eigenvalue weighted by Gasteiger charge is -2.03. The molecule has 1 amide bonds. The number of ether oxygens (including phenoxy) is 1. The van der Waals surface area contributed by atoms with E-state index < -0.39 is 6.61 Å². The summed E-state index contributed by atoms with van der Waals surface area (Å²) in [4.78, 5) is 16.4. The first-order valence-corrected chi connectivity index (χ1v) is 8.85. The largest absolute Gasteiger partial charge is 0.435 e. The van der Waals surface area contributed by atoms with Crippen LogP contribution in [0, 0.1) is 0 Å². The van der Waals surface area contributed by atoms with E-state index in [0.29, 0.717) is 10.6 Å². The second-order valence-electron chi connectivity index (χ2n) is 5.41. The summed E-state index contributed by atoms with van der Waals surface area (Å²) in [5, 5.41) is 6.45. The second-order valence-corrected chi connectivity index (χ2v) is 6.35. The molecule has 1 N–H and O–H groups in total. The van der Waals surface area contributed by atoms with Crippen molar-refractivity contribution in [2.45, 2.75) is 13.0 Å². The molecule has 0 radical (unpaired) electrons. The van der Waals surface area contributed by atoms with Crippen molar-refractivity contribution in [3.8, 4) is 17.0 Å². The van der Waals surface area contributed by atoms with Crippen LogP contribution in [0.25, 0.3) is 11.3 Å². The lowest BCUT2D eigenvalue weighted by Crippen LogP contribution is -2.19. The summed E-state index contributed by atoms with van der Waals surface area (Å²) in [7, 11) is 0. The maximum atomic E-state index is 12.1. The van der Waals surface area contributed by atoms with E-state index >= 15 is 0 Å². The monoisotopic (exact) mass is 387 g/mol. The second kappa shape index (κ2) is 9.00. The van der Waals surface area contributed by atoms with Crippen LogP contribution < -0.4 is 10.2 Å². The zero-order valence-electron chi connectivity index (χ0n) is 14.0. The molecule has 5 nitrogen and oxygen atoms in total. The van der Waals surface area contributed by atoms with E-state index in [1.807, 2.05) is 35.7 Å². The Balaban J connectivity index is 1.51. The van der Waals surface area contributed by atoms with Gasteiger partial charge in [0, 0.05) is 10.9 Å². The Labute approximate surface area is 158 Å². The summed E-state index contributed by atoms with van der Waals surface area (Å²) >= 11 is 1.41. The minimum Gasteiger partial charge on any atom is -0.435 e. The number of amides is 1. The van der Waals surface area contributed by atoms with Gasteiger partial charge in [-0.1, -0.05) is 30.3 Å². The van der Waals surface area contributed by atoms with Crippen molar-refractivity contribution in [1.82, 2.24) is 10.4 Å². The van der Waals surface area contributed by atoms with E-state index in [9.17, 15) is 13.6 Å². The Bertz CT molecular complexity index is 912. The SMILES string of the molecule is O=C(Cc1nc(-c2ccccc2)cs1)N/N=C\c1ccc(OC(F)F)cc1. The molecule has 3 rings (SSSR count). The first-order valence-electron chi connectivity index (χ1n) is 7.97. The third kappa shape index (κ3) is 5.68. The van der Waals surface area contributed by atoms with Crippen molar-refractivity contribution in [3.63, 3.8) is 0 Å². The molecule has 0 unspecified atom stereocenters. The number of carbonyl (C=O) groups excluding carboxylic acids is 1. The van der Waals surface area contributed by atoms with Crippen molar-refractivity contribution in [1.29, 1.82) is 0 Å². The van der Waals surface area contributed by atoms with Crippen molar-refractivity contribution in [2.75, 3.05) is 0 Å². The van der Waals surface area contributed by atoms with Crippen molar-refractivity contribution in [3.05, 3.63) is 70.5 Å². The van der Waals surface area contributed by atoms with Crippen LogP contribution >= 0.6 is 11.3 Å². The molecule has 0 fully saturated rings. The van der Waals surface area contributed by atoms with E-state index in [2.05, 4.69) is 20.2 Å². The quantitative estimate of drug-likeness (QED) is 0.490. The van der Waals surface area contributed by atoms with Gasteiger partial charge in [-0.25, -0.2) is 10.4 Å². The average molecular weight is 387 g/mol. The number of halogens is 2. The van der Waals surface area contributed by atoms with Gasteiger partial charge in [0.1, 0.15) is 10.8 Å². The van der Waals surface area contributed by atoms with Gasteiger partial charge in [0.15, 0.2) is 0 Å². The van der Waals surface area contributed by atoms with Gasteiger partial charge in [-0.15, -0.1) is 11.3 Å². The molecule has 1 aromatic heterocycles. The lowest BCUT2D eigenvalue weighted by molar-refractivity contribution is -0.120. The van der Waals surface area contributed by atoms with Gasteiger partial charge >= 0.3 is 6.61 Å². The summed E-state index contributed by atoms with van der Waals surface area (Å²) in [6.07, 6.45) is 1.54. The molecule has 138 valence electrons. The topological polar surface area (TPSA) is 63.6 Å². The summed E-state index contributed by atoms with van der Waals surface area (Å²) in [5.41, 5.74) is 4.89. The highest BCUT2D eigenvalue weighted by atomic mass is 32.1. The molecule has 2 aromatic carbocycles. The Morgan fingerprint density at radius 2 is 1.93 bits per heavy atom. The van der Waals surface area contributed by atoms with Crippen LogP contribution in [-0.4, -0.2) is 23.7 Å². The molecule has 0 saturated carbocycles. The van der Waals surface area contributed by atoms with Crippen LogP contribution in [0.1, 0.15) is 10.6 Å². The van der Waals surface area contributed by atoms with Gasteiger partial charge in [-0.3, -0.25) is 4.79 Å².